The number of non-ortho nitro benzene ring substituents is 1. The van der Waals surface area contributed by atoms with E-state index in [-0.39, 0.29) is 37.4 Å². The van der Waals surface area contributed by atoms with Gasteiger partial charge in [-0.2, -0.15) is 13.2 Å². The van der Waals surface area contributed by atoms with Gasteiger partial charge in [0, 0.05) is 55.5 Å². The highest BCUT2D eigenvalue weighted by Gasteiger charge is 2.42. The van der Waals surface area contributed by atoms with Crippen molar-refractivity contribution in [1.29, 1.82) is 0 Å². The minimum Gasteiger partial charge on any atom is -0.401 e. The van der Waals surface area contributed by atoms with Crippen LogP contribution in [0.5, 0.6) is 5.88 Å². The van der Waals surface area contributed by atoms with Crippen LogP contribution in [0.4, 0.5) is 39.4 Å². The van der Waals surface area contributed by atoms with E-state index < -0.39 is 34.8 Å². The number of nitrogens with one attached hydrogen (secondary N) is 1. The summed E-state index contributed by atoms with van der Waals surface area (Å²) in [6, 6.07) is 9.65. The third-order valence-corrected chi connectivity index (χ3v) is 5.39. The van der Waals surface area contributed by atoms with Crippen LogP contribution in [0, 0.1) is 15.9 Å². The van der Waals surface area contributed by atoms with Crippen molar-refractivity contribution < 1.29 is 36.8 Å². The van der Waals surface area contributed by atoms with E-state index in [2.05, 4.69) is 15.0 Å². The van der Waals surface area contributed by atoms with Crippen LogP contribution in [-0.4, -0.2) is 59.2 Å². The molecule has 4 rings (SSSR count). The number of anilines is 2. The van der Waals surface area contributed by atoms with Gasteiger partial charge >= 0.3 is 18.2 Å². The first-order valence-electron chi connectivity index (χ1n) is 10.5. The molecule has 0 saturated carbocycles. The number of alkyl halides is 3. The number of fused-ring (bicyclic) bond motifs is 1. The van der Waals surface area contributed by atoms with E-state index in [0.717, 1.165) is 12.1 Å². The van der Waals surface area contributed by atoms with Crippen molar-refractivity contribution in [1.82, 2.24) is 9.88 Å². The van der Waals surface area contributed by atoms with Gasteiger partial charge < -0.3 is 19.9 Å². The molecule has 1 fully saturated rings. The predicted octanol–water partition coefficient (Wildman–Crippen LogP) is 4.10. The van der Waals surface area contributed by atoms with Gasteiger partial charge in [0.25, 0.3) is 5.69 Å². The molecule has 0 aliphatic carbocycles. The van der Waals surface area contributed by atoms with Crippen LogP contribution in [-0.2, 0) is 4.79 Å². The lowest BCUT2D eigenvalue weighted by Crippen LogP contribution is -2.50. The number of hydrogen-bond donors (Lipinski definition) is 1. The standard InChI is InChI=1S/C22H17F4N5O5/c23-13-1-3-14(4-2-13)27-21(33)30-9-7-29(8-10-30)18-12-19(36-20(32)22(24,25)26)28-17-11-15(31(34)35)5-6-16(17)18/h1-6,11-12H,7-10H2,(H,27,33). The lowest BCUT2D eigenvalue weighted by atomic mass is 10.1. The van der Waals surface area contributed by atoms with Gasteiger partial charge in [-0.05, 0) is 30.3 Å². The van der Waals surface area contributed by atoms with Crippen LogP contribution < -0.4 is 15.0 Å². The van der Waals surface area contributed by atoms with E-state index in [1.165, 1.54) is 41.3 Å². The number of rotatable bonds is 4. The van der Waals surface area contributed by atoms with E-state index in [1.54, 1.807) is 4.90 Å². The highest BCUT2D eigenvalue weighted by atomic mass is 19.4. The van der Waals surface area contributed by atoms with Crippen LogP contribution in [0.1, 0.15) is 0 Å². The number of piperazine rings is 1. The molecule has 36 heavy (non-hydrogen) atoms. The lowest BCUT2D eigenvalue weighted by Gasteiger charge is -2.36. The molecule has 1 aromatic heterocycles. The average Bonchev–Trinajstić information content (AvgIpc) is 2.84. The molecule has 2 heterocycles. The van der Waals surface area contributed by atoms with Crippen LogP contribution in [0.15, 0.2) is 48.5 Å². The zero-order valence-corrected chi connectivity index (χ0v) is 18.3. The zero-order chi connectivity index (χ0) is 26.0. The van der Waals surface area contributed by atoms with E-state index in [0.29, 0.717) is 16.8 Å². The average molecular weight is 507 g/mol. The molecule has 188 valence electrons. The number of hydrogen-bond acceptors (Lipinski definition) is 7. The highest BCUT2D eigenvalue weighted by Crippen LogP contribution is 2.33. The summed E-state index contributed by atoms with van der Waals surface area (Å²) < 4.78 is 55.6. The second-order valence-corrected chi connectivity index (χ2v) is 7.74. The van der Waals surface area contributed by atoms with Crippen molar-refractivity contribution in [3.05, 3.63) is 64.5 Å². The number of nitrogens with zero attached hydrogens (tertiary/aromatic N) is 4. The first kappa shape index (κ1) is 24.6. The minimum atomic E-state index is -5.26. The summed E-state index contributed by atoms with van der Waals surface area (Å²) in [6.07, 6.45) is -5.26. The number of benzene rings is 2. The Morgan fingerprint density at radius 1 is 1.03 bits per heavy atom. The molecule has 1 N–H and O–H groups in total. The maximum absolute atomic E-state index is 13.1. The zero-order valence-electron chi connectivity index (χ0n) is 18.3. The van der Waals surface area contributed by atoms with Crippen molar-refractivity contribution in [2.24, 2.45) is 0 Å². The second kappa shape index (κ2) is 9.64. The number of esters is 1. The lowest BCUT2D eigenvalue weighted by molar-refractivity contribution is -0.384. The number of carbonyl (C=O) groups is 2. The number of halogens is 4. The van der Waals surface area contributed by atoms with Gasteiger partial charge in [-0.1, -0.05) is 0 Å². The molecule has 1 aliphatic rings. The Bertz CT molecular complexity index is 1320. The summed E-state index contributed by atoms with van der Waals surface area (Å²) in [6.45, 7) is 0.947. The van der Waals surface area contributed by atoms with E-state index >= 15 is 0 Å². The van der Waals surface area contributed by atoms with E-state index in [1.807, 2.05) is 0 Å². The maximum atomic E-state index is 13.1. The molecule has 2 amide bonds. The van der Waals surface area contributed by atoms with Crippen molar-refractivity contribution in [3.63, 3.8) is 0 Å². The number of amides is 2. The molecule has 1 aliphatic heterocycles. The number of nitro benzene ring substituents is 1. The topological polar surface area (TPSA) is 118 Å². The molecule has 0 bridgehead atoms. The molecule has 14 heteroatoms. The Labute approximate surface area is 200 Å². The molecule has 0 spiro atoms. The predicted molar refractivity (Wildman–Crippen MR) is 119 cm³/mol. The molecular weight excluding hydrogens is 490 g/mol. The van der Waals surface area contributed by atoms with Gasteiger partial charge in [0.15, 0.2) is 0 Å². The first-order valence-corrected chi connectivity index (χ1v) is 10.5. The van der Waals surface area contributed by atoms with Crippen LogP contribution in [0.25, 0.3) is 10.9 Å². The first-order chi connectivity index (χ1) is 17.0. The number of carbonyl (C=O) groups excluding carboxylic acids is 2. The fraction of sp³-hybridized carbons (Fsp3) is 0.227. The third kappa shape index (κ3) is 5.42. The minimum absolute atomic E-state index is 0.0387. The van der Waals surface area contributed by atoms with E-state index in [4.69, 9.17) is 0 Å². The Hall–Kier alpha value is -4.49. The third-order valence-electron chi connectivity index (χ3n) is 5.39. The highest BCUT2D eigenvalue weighted by molar-refractivity contribution is 5.94. The Balaban J connectivity index is 1.56. The van der Waals surface area contributed by atoms with Gasteiger partial charge in [0.2, 0.25) is 5.88 Å². The SMILES string of the molecule is O=C(Nc1ccc(F)cc1)N1CCN(c2cc(OC(=O)C(F)(F)F)nc3cc([N+](=O)[O-])ccc23)CC1. The number of ether oxygens (including phenoxy) is 1. The largest absolute Gasteiger partial charge is 0.491 e. The van der Waals surface area contributed by atoms with Gasteiger partial charge in [0.1, 0.15) is 5.82 Å². The Kier molecular flexibility index (Phi) is 6.59. The molecule has 0 atom stereocenters. The summed E-state index contributed by atoms with van der Waals surface area (Å²) in [5.41, 5.74) is 0.353. The normalized spacial score (nSPS) is 14.0. The number of aromatic nitrogens is 1. The van der Waals surface area contributed by atoms with Crippen molar-refractivity contribution in [2.75, 3.05) is 36.4 Å². The van der Waals surface area contributed by atoms with E-state index in [9.17, 15) is 37.3 Å². The molecule has 3 aromatic rings. The van der Waals surface area contributed by atoms with Crippen LogP contribution in [0.3, 0.4) is 0 Å². The fourth-order valence-electron chi connectivity index (χ4n) is 3.64. The Morgan fingerprint density at radius 3 is 2.31 bits per heavy atom. The summed E-state index contributed by atoms with van der Waals surface area (Å²) in [7, 11) is 0. The summed E-state index contributed by atoms with van der Waals surface area (Å²) in [5, 5.41) is 14.2. The molecule has 10 nitrogen and oxygen atoms in total. The number of nitro groups is 1. The van der Waals surface area contributed by atoms with Crippen LogP contribution in [0.2, 0.25) is 0 Å². The van der Waals surface area contributed by atoms with Crippen LogP contribution >= 0.6 is 0 Å². The summed E-state index contributed by atoms with van der Waals surface area (Å²) in [5.74, 6) is -3.60. The fourth-order valence-corrected chi connectivity index (χ4v) is 3.64. The Morgan fingerprint density at radius 2 is 1.69 bits per heavy atom. The number of pyridine rings is 1. The van der Waals surface area contributed by atoms with Crippen molar-refractivity contribution in [3.8, 4) is 5.88 Å². The monoisotopic (exact) mass is 507 g/mol. The number of urea groups is 1. The van der Waals surface area contributed by atoms with Gasteiger partial charge in [-0.25, -0.2) is 19.0 Å². The van der Waals surface area contributed by atoms with Crippen molar-refractivity contribution in [2.45, 2.75) is 6.18 Å². The summed E-state index contributed by atoms with van der Waals surface area (Å²) >= 11 is 0. The molecule has 2 aromatic carbocycles. The molecule has 1 saturated heterocycles. The van der Waals surface area contributed by atoms with Gasteiger partial charge in [-0.15, -0.1) is 0 Å². The quantitative estimate of drug-likeness (QED) is 0.244. The van der Waals surface area contributed by atoms with Gasteiger partial charge in [0.05, 0.1) is 16.1 Å². The van der Waals surface area contributed by atoms with Crippen molar-refractivity contribution >= 4 is 40.0 Å². The second-order valence-electron chi connectivity index (χ2n) is 7.74. The molecule has 0 unspecified atom stereocenters. The maximum Gasteiger partial charge on any atom is 0.491 e. The molecular formula is C22H17F4N5O5. The van der Waals surface area contributed by atoms with Gasteiger partial charge in [-0.3, -0.25) is 10.1 Å². The molecule has 0 radical (unpaired) electrons. The smallest absolute Gasteiger partial charge is 0.401 e. The summed E-state index contributed by atoms with van der Waals surface area (Å²) in [4.78, 5) is 41.4.